The first-order valence-corrected chi connectivity index (χ1v) is 7.42. The number of hydrogen-bond acceptors (Lipinski definition) is 6. The Labute approximate surface area is 136 Å². The number of hydrogen-bond donors (Lipinski definition) is 0. The lowest BCUT2D eigenvalue weighted by atomic mass is 10.3. The number of aromatic nitrogens is 3. The van der Waals surface area contributed by atoms with Gasteiger partial charge in [0.05, 0.1) is 11.5 Å². The Kier molecular flexibility index (Phi) is 4.65. The van der Waals surface area contributed by atoms with Gasteiger partial charge in [0.25, 0.3) is 5.69 Å². The number of halogens is 2. The van der Waals surface area contributed by atoms with Crippen LogP contribution in [0, 0.1) is 10.1 Å². The summed E-state index contributed by atoms with van der Waals surface area (Å²) in [5.41, 5.74) is -0.0452. The van der Waals surface area contributed by atoms with Gasteiger partial charge in [-0.1, -0.05) is 0 Å². The summed E-state index contributed by atoms with van der Waals surface area (Å²) in [4.78, 5) is 22.3. The van der Waals surface area contributed by atoms with Gasteiger partial charge < -0.3 is 4.90 Å². The molecule has 1 aliphatic heterocycles. The topological polar surface area (TPSA) is 80.3 Å². The molecule has 1 aliphatic rings. The van der Waals surface area contributed by atoms with Crippen molar-refractivity contribution >= 4 is 11.5 Å². The Morgan fingerprint density at radius 1 is 1.21 bits per heavy atom. The number of anilines is 1. The van der Waals surface area contributed by atoms with Crippen molar-refractivity contribution in [3.05, 3.63) is 46.7 Å². The Balaban J connectivity index is 1.57. The zero-order valence-corrected chi connectivity index (χ0v) is 12.8. The van der Waals surface area contributed by atoms with Gasteiger partial charge in [0.1, 0.15) is 17.8 Å². The van der Waals surface area contributed by atoms with Crippen molar-refractivity contribution in [2.75, 3.05) is 31.1 Å². The molecule has 0 spiro atoms. The number of rotatable bonds is 5. The standard InChI is InChI=1S/C14H16F2N6O2/c15-14(16)21-4-3-17-13(21)10-19-5-7-20(8-6-19)12-2-1-11(9-18-12)22(23)24/h1-4,9,14H,5-8,10H2. The van der Waals surface area contributed by atoms with Crippen molar-refractivity contribution in [1.82, 2.24) is 19.4 Å². The van der Waals surface area contributed by atoms with Crippen LogP contribution >= 0.6 is 0 Å². The second kappa shape index (κ2) is 6.87. The van der Waals surface area contributed by atoms with Crippen LogP contribution in [0.25, 0.3) is 0 Å². The fourth-order valence-corrected chi connectivity index (χ4v) is 2.65. The molecule has 0 unspecified atom stereocenters. The maximum Gasteiger partial charge on any atom is 0.319 e. The van der Waals surface area contributed by atoms with Gasteiger partial charge >= 0.3 is 6.55 Å². The van der Waals surface area contributed by atoms with Crippen LogP contribution in [0.2, 0.25) is 0 Å². The van der Waals surface area contributed by atoms with E-state index in [0.717, 1.165) is 4.57 Å². The Bertz CT molecular complexity index is 698. The number of nitro groups is 1. The number of pyridine rings is 1. The van der Waals surface area contributed by atoms with E-state index in [-0.39, 0.29) is 5.69 Å². The van der Waals surface area contributed by atoms with Crippen LogP contribution in [0.5, 0.6) is 0 Å². The first kappa shape index (κ1) is 16.2. The summed E-state index contributed by atoms with van der Waals surface area (Å²) >= 11 is 0. The monoisotopic (exact) mass is 338 g/mol. The maximum atomic E-state index is 12.8. The number of piperazine rings is 1. The van der Waals surface area contributed by atoms with E-state index in [4.69, 9.17) is 0 Å². The molecule has 8 nitrogen and oxygen atoms in total. The highest BCUT2D eigenvalue weighted by Gasteiger charge is 2.21. The molecule has 0 atom stereocenters. The fourth-order valence-electron chi connectivity index (χ4n) is 2.65. The first-order chi connectivity index (χ1) is 11.5. The molecule has 0 aliphatic carbocycles. The third-order valence-corrected chi connectivity index (χ3v) is 3.96. The summed E-state index contributed by atoms with van der Waals surface area (Å²) in [6, 6.07) is 3.05. The van der Waals surface area contributed by atoms with Crippen LogP contribution in [0.4, 0.5) is 20.3 Å². The second-order valence-corrected chi connectivity index (χ2v) is 5.42. The SMILES string of the molecule is O=[N+]([O-])c1ccc(N2CCN(Cc3nccn3C(F)F)CC2)nc1. The Hall–Kier alpha value is -2.62. The smallest absolute Gasteiger partial charge is 0.319 e. The van der Waals surface area contributed by atoms with Crippen molar-refractivity contribution in [1.29, 1.82) is 0 Å². The normalized spacial score (nSPS) is 15.9. The van der Waals surface area contributed by atoms with E-state index in [1.54, 1.807) is 6.07 Å². The summed E-state index contributed by atoms with van der Waals surface area (Å²) in [7, 11) is 0. The molecule has 10 heteroatoms. The van der Waals surface area contributed by atoms with Crippen LogP contribution < -0.4 is 4.90 Å². The summed E-state index contributed by atoms with van der Waals surface area (Å²) < 4.78 is 26.5. The average Bonchev–Trinajstić information content (AvgIpc) is 3.04. The molecular formula is C14H16F2N6O2. The molecule has 3 heterocycles. The zero-order chi connectivity index (χ0) is 17.1. The quantitative estimate of drug-likeness (QED) is 0.612. The molecule has 2 aromatic rings. The minimum atomic E-state index is -2.59. The van der Waals surface area contributed by atoms with Crippen LogP contribution in [0.3, 0.4) is 0 Å². The Morgan fingerprint density at radius 3 is 2.54 bits per heavy atom. The fraction of sp³-hybridized carbons (Fsp3) is 0.429. The molecule has 1 saturated heterocycles. The van der Waals surface area contributed by atoms with Gasteiger partial charge in [-0.05, 0) is 6.07 Å². The predicted molar refractivity (Wildman–Crippen MR) is 81.9 cm³/mol. The summed E-state index contributed by atoms with van der Waals surface area (Å²) in [5, 5.41) is 10.6. The largest absolute Gasteiger partial charge is 0.354 e. The molecule has 0 N–H and O–H groups in total. The van der Waals surface area contributed by atoms with Crippen molar-refractivity contribution in [2.24, 2.45) is 0 Å². The van der Waals surface area contributed by atoms with Crippen molar-refractivity contribution in [3.63, 3.8) is 0 Å². The summed E-state index contributed by atoms with van der Waals surface area (Å²) in [5.74, 6) is 1.02. The molecule has 128 valence electrons. The van der Waals surface area contributed by atoms with Crippen LogP contribution in [-0.2, 0) is 6.54 Å². The summed E-state index contributed by atoms with van der Waals surface area (Å²) in [6.07, 6.45) is 3.89. The molecule has 0 amide bonds. The van der Waals surface area contributed by atoms with Crippen molar-refractivity contribution in [3.8, 4) is 0 Å². The molecule has 0 bridgehead atoms. The lowest BCUT2D eigenvalue weighted by Crippen LogP contribution is -2.46. The highest BCUT2D eigenvalue weighted by molar-refractivity contribution is 5.43. The highest BCUT2D eigenvalue weighted by atomic mass is 19.3. The lowest BCUT2D eigenvalue weighted by Gasteiger charge is -2.35. The van der Waals surface area contributed by atoms with E-state index >= 15 is 0 Å². The van der Waals surface area contributed by atoms with E-state index in [9.17, 15) is 18.9 Å². The van der Waals surface area contributed by atoms with Crippen LogP contribution in [0.1, 0.15) is 12.4 Å². The van der Waals surface area contributed by atoms with Crippen molar-refractivity contribution in [2.45, 2.75) is 13.1 Å². The molecule has 1 fully saturated rings. The molecular weight excluding hydrogens is 322 g/mol. The molecule has 3 rings (SSSR count). The minimum Gasteiger partial charge on any atom is -0.354 e. The van der Waals surface area contributed by atoms with E-state index in [0.29, 0.717) is 44.4 Å². The van der Waals surface area contributed by atoms with E-state index in [1.165, 1.54) is 24.7 Å². The van der Waals surface area contributed by atoms with Gasteiger partial charge in [-0.2, -0.15) is 8.78 Å². The summed E-state index contributed by atoms with van der Waals surface area (Å²) in [6.45, 7) is 0.455. The maximum absolute atomic E-state index is 12.8. The van der Waals surface area contributed by atoms with E-state index in [1.807, 2.05) is 9.80 Å². The molecule has 0 saturated carbocycles. The van der Waals surface area contributed by atoms with Gasteiger partial charge in [-0.15, -0.1) is 0 Å². The van der Waals surface area contributed by atoms with Gasteiger partial charge in [0.15, 0.2) is 0 Å². The molecule has 2 aromatic heterocycles. The molecule has 0 radical (unpaired) electrons. The van der Waals surface area contributed by atoms with Gasteiger partial charge in [0, 0.05) is 44.6 Å². The molecule has 24 heavy (non-hydrogen) atoms. The average molecular weight is 338 g/mol. The number of nitrogens with zero attached hydrogens (tertiary/aromatic N) is 6. The van der Waals surface area contributed by atoms with E-state index < -0.39 is 11.5 Å². The van der Waals surface area contributed by atoms with Crippen molar-refractivity contribution < 1.29 is 13.7 Å². The lowest BCUT2D eigenvalue weighted by molar-refractivity contribution is -0.385. The van der Waals surface area contributed by atoms with Gasteiger partial charge in [-0.3, -0.25) is 19.6 Å². The van der Waals surface area contributed by atoms with E-state index in [2.05, 4.69) is 9.97 Å². The molecule has 0 aromatic carbocycles. The van der Waals surface area contributed by atoms with Crippen LogP contribution in [-0.4, -0.2) is 50.5 Å². The minimum absolute atomic E-state index is 0.0452. The highest BCUT2D eigenvalue weighted by Crippen LogP contribution is 2.19. The number of alkyl halides is 2. The van der Waals surface area contributed by atoms with Gasteiger partial charge in [-0.25, -0.2) is 9.97 Å². The third kappa shape index (κ3) is 3.48. The predicted octanol–water partition coefficient (Wildman–Crippen LogP) is 1.90. The zero-order valence-electron chi connectivity index (χ0n) is 12.8. The second-order valence-electron chi connectivity index (χ2n) is 5.42. The number of imidazole rings is 1. The van der Waals surface area contributed by atoms with Gasteiger partial charge in [0.2, 0.25) is 0 Å². The van der Waals surface area contributed by atoms with Crippen LogP contribution in [0.15, 0.2) is 30.7 Å². The Morgan fingerprint density at radius 2 is 1.96 bits per heavy atom. The first-order valence-electron chi connectivity index (χ1n) is 7.42. The third-order valence-electron chi connectivity index (χ3n) is 3.96.